The molecule has 34 heavy (non-hydrogen) atoms. The van der Waals surface area contributed by atoms with Crippen LogP contribution in [0.3, 0.4) is 0 Å². The number of hydrogen-bond donors (Lipinski definition) is 5. The van der Waals surface area contributed by atoms with Gasteiger partial charge in [-0.05, 0) is 23.2 Å². The fourth-order valence-corrected chi connectivity index (χ4v) is 4.23. The molecule has 2 aromatic heterocycles. The Hall–Kier alpha value is -1.86. The zero-order valence-electron chi connectivity index (χ0n) is 17.5. The molecule has 12 nitrogen and oxygen atoms in total. The summed E-state index contributed by atoms with van der Waals surface area (Å²) in [6, 6.07) is 7.33. The number of ether oxygens (including phenoxy) is 2. The van der Waals surface area contributed by atoms with Gasteiger partial charge in [0.25, 0.3) is 0 Å². The summed E-state index contributed by atoms with van der Waals surface area (Å²) in [5.41, 5.74) is 1.11. The van der Waals surface area contributed by atoms with Gasteiger partial charge in [-0.15, -0.1) is 0 Å². The van der Waals surface area contributed by atoms with Crippen LogP contribution in [0.4, 0.5) is 5.82 Å². The standard InChI is InChI=1S/C19H22Cl2N5O7P/c20-12-4-2-1-3-10(12)7-22-16-11-8-23-26(17(11)25-19(21)24-16)18-15(28)14(27)13(33-18)9-32-5-6-34(29,30)31/h1-4,8,13-15,18,27-28H,5-7,9H2,(H,22,24,25)(H2,29,30,31)/t13-,14-,15-,18-/m1/s1. The van der Waals surface area contributed by atoms with Gasteiger partial charge in [0, 0.05) is 11.6 Å². The lowest BCUT2D eigenvalue weighted by atomic mass is 10.1. The second-order valence-corrected chi connectivity index (χ2v) is 10.1. The Balaban J connectivity index is 1.51. The van der Waals surface area contributed by atoms with E-state index in [1.54, 1.807) is 6.07 Å². The average molecular weight is 534 g/mol. The van der Waals surface area contributed by atoms with Crippen molar-refractivity contribution < 1.29 is 34.0 Å². The molecule has 0 saturated carbocycles. The number of hydrogen-bond acceptors (Lipinski definition) is 9. The molecule has 1 aliphatic heterocycles. The molecule has 0 aliphatic carbocycles. The number of benzene rings is 1. The van der Waals surface area contributed by atoms with E-state index in [1.807, 2.05) is 18.2 Å². The lowest BCUT2D eigenvalue weighted by Crippen LogP contribution is -2.34. The topological polar surface area (TPSA) is 172 Å². The highest BCUT2D eigenvalue weighted by atomic mass is 35.5. The number of aromatic nitrogens is 4. The van der Waals surface area contributed by atoms with Gasteiger partial charge >= 0.3 is 7.60 Å². The van der Waals surface area contributed by atoms with Crippen LogP contribution in [0, 0.1) is 0 Å². The summed E-state index contributed by atoms with van der Waals surface area (Å²) in [7, 11) is -4.20. The van der Waals surface area contributed by atoms with Crippen LogP contribution in [0.1, 0.15) is 11.8 Å². The van der Waals surface area contributed by atoms with Gasteiger partial charge in [-0.25, -0.2) is 4.68 Å². The molecule has 1 saturated heterocycles. The molecule has 4 atom stereocenters. The summed E-state index contributed by atoms with van der Waals surface area (Å²) in [6.45, 7) is -0.0531. The minimum Gasteiger partial charge on any atom is -0.387 e. The van der Waals surface area contributed by atoms with Gasteiger partial charge in [0.2, 0.25) is 5.28 Å². The van der Waals surface area contributed by atoms with Crippen LogP contribution in [-0.2, 0) is 20.6 Å². The first-order chi connectivity index (χ1) is 16.1. The second kappa shape index (κ2) is 10.4. The van der Waals surface area contributed by atoms with E-state index in [4.69, 9.17) is 42.5 Å². The molecule has 0 radical (unpaired) electrons. The highest BCUT2D eigenvalue weighted by Gasteiger charge is 2.45. The Labute approximate surface area is 203 Å². The number of fused-ring (bicyclic) bond motifs is 1. The van der Waals surface area contributed by atoms with Crippen LogP contribution in [0.25, 0.3) is 11.0 Å². The normalized spacial score (nSPS) is 23.0. The van der Waals surface area contributed by atoms with Crippen molar-refractivity contribution >= 4 is 47.6 Å². The molecule has 0 bridgehead atoms. The van der Waals surface area contributed by atoms with Crippen LogP contribution >= 0.6 is 30.8 Å². The highest BCUT2D eigenvalue weighted by molar-refractivity contribution is 7.51. The molecule has 15 heteroatoms. The van der Waals surface area contributed by atoms with E-state index in [1.165, 1.54) is 10.9 Å². The largest absolute Gasteiger partial charge is 0.387 e. The predicted molar refractivity (Wildman–Crippen MR) is 123 cm³/mol. The van der Waals surface area contributed by atoms with Crippen molar-refractivity contribution in [2.24, 2.45) is 0 Å². The van der Waals surface area contributed by atoms with E-state index in [0.29, 0.717) is 22.8 Å². The Bertz CT molecular complexity index is 1210. The predicted octanol–water partition coefficient (Wildman–Crippen LogP) is 1.56. The summed E-state index contributed by atoms with van der Waals surface area (Å²) in [5, 5.41) is 29.3. The molecule has 1 aromatic carbocycles. The first kappa shape index (κ1) is 25.2. The van der Waals surface area contributed by atoms with Gasteiger partial charge in [-0.2, -0.15) is 15.1 Å². The van der Waals surface area contributed by atoms with Crippen LogP contribution in [0.2, 0.25) is 10.3 Å². The van der Waals surface area contributed by atoms with E-state index in [9.17, 15) is 14.8 Å². The molecule has 3 heterocycles. The second-order valence-electron chi connectivity index (χ2n) is 7.62. The van der Waals surface area contributed by atoms with E-state index in [-0.39, 0.29) is 24.1 Å². The van der Waals surface area contributed by atoms with Crippen LogP contribution in [0.5, 0.6) is 0 Å². The maximum Gasteiger partial charge on any atom is 0.327 e. The van der Waals surface area contributed by atoms with E-state index < -0.39 is 38.3 Å². The zero-order valence-corrected chi connectivity index (χ0v) is 19.9. The lowest BCUT2D eigenvalue weighted by Gasteiger charge is -2.16. The van der Waals surface area contributed by atoms with Crippen LogP contribution in [-0.4, -0.2) is 77.4 Å². The monoisotopic (exact) mass is 533 g/mol. The molecule has 0 spiro atoms. The van der Waals surface area contributed by atoms with Crippen molar-refractivity contribution in [1.82, 2.24) is 19.7 Å². The lowest BCUT2D eigenvalue weighted by molar-refractivity contribution is -0.0681. The zero-order chi connectivity index (χ0) is 24.5. The van der Waals surface area contributed by atoms with E-state index >= 15 is 0 Å². The van der Waals surface area contributed by atoms with Crippen molar-refractivity contribution in [3.8, 4) is 0 Å². The van der Waals surface area contributed by atoms with Gasteiger partial charge < -0.3 is 34.8 Å². The molecule has 4 rings (SSSR count). The van der Waals surface area contributed by atoms with Crippen molar-refractivity contribution in [2.45, 2.75) is 31.1 Å². The first-order valence-electron chi connectivity index (χ1n) is 10.2. The molecular formula is C19H22Cl2N5O7P. The molecule has 5 N–H and O–H groups in total. The minimum atomic E-state index is -4.20. The van der Waals surface area contributed by atoms with Crippen LogP contribution < -0.4 is 5.32 Å². The summed E-state index contributed by atoms with van der Waals surface area (Å²) >= 11 is 12.3. The third-order valence-electron chi connectivity index (χ3n) is 5.22. The number of aliphatic hydroxyl groups excluding tert-OH is 2. The molecule has 1 fully saturated rings. The van der Waals surface area contributed by atoms with Gasteiger partial charge in [-0.1, -0.05) is 29.8 Å². The van der Waals surface area contributed by atoms with Crippen molar-refractivity contribution in [2.75, 3.05) is 24.7 Å². The van der Waals surface area contributed by atoms with E-state index in [0.717, 1.165) is 5.56 Å². The van der Waals surface area contributed by atoms with Gasteiger partial charge in [0.15, 0.2) is 11.9 Å². The fourth-order valence-electron chi connectivity index (χ4n) is 3.49. The SMILES string of the molecule is O=P(O)(O)CCOC[C@H]1O[C@@H](n2ncc3c(NCc4ccccc4Cl)nc(Cl)nc32)[C@H](O)[C@@H]1O. The number of aliphatic hydroxyl groups is 2. The minimum absolute atomic E-state index is 0.0683. The number of halogens is 2. The molecule has 1 aliphatic rings. The summed E-state index contributed by atoms with van der Waals surface area (Å²) < 4.78 is 23.1. The number of rotatable bonds is 9. The summed E-state index contributed by atoms with van der Waals surface area (Å²) in [4.78, 5) is 26.2. The van der Waals surface area contributed by atoms with Gasteiger partial charge in [-0.3, -0.25) is 4.57 Å². The van der Waals surface area contributed by atoms with Gasteiger partial charge in [0.1, 0.15) is 24.1 Å². The molecule has 0 unspecified atom stereocenters. The first-order valence-corrected chi connectivity index (χ1v) is 12.7. The summed E-state index contributed by atoms with van der Waals surface area (Å²) in [5.74, 6) is 0.395. The number of nitrogens with zero attached hydrogens (tertiary/aromatic N) is 4. The van der Waals surface area contributed by atoms with Gasteiger partial charge in [0.05, 0.1) is 31.0 Å². The smallest absolute Gasteiger partial charge is 0.327 e. The van der Waals surface area contributed by atoms with E-state index in [2.05, 4.69) is 20.4 Å². The summed E-state index contributed by atoms with van der Waals surface area (Å²) in [6.07, 6.45) is -3.74. The fraction of sp³-hybridized carbons (Fsp3) is 0.421. The van der Waals surface area contributed by atoms with Crippen molar-refractivity contribution in [3.05, 3.63) is 46.3 Å². The molecule has 0 amide bonds. The third kappa shape index (κ3) is 5.68. The maximum absolute atomic E-state index is 10.9. The number of anilines is 1. The Morgan fingerprint density at radius 2 is 1.94 bits per heavy atom. The quantitative estimate of drug-likeness (QED) is 0.153. The Morgan fingerprint density at radius 3 is 2.68 bits per heavy atom. The Morgan fingerprint density at radius 1 is 1.18 bits per heavy atom. The number of nitrogens with one attached hydrogen (secondary N) is 1. The van der Waals surface area contributed by atoms with Crippen molar-refractivity contribution in [3.63, 3.8) is 0 Å². The molecular weight excluding hydrogens is 512 g/mol. The molecule has 3 aromatic rings. The van der Waals surface area contributed by atoms with Crippen molar-refractivity contribution in [1.29, 1.82) is 0 Å². The highest BCUT2D eigenvalue weighted by Crippen LogP contribution is 2.35. The van der Waals surface area contributed by atoms with Crippen LogP contribution in [0.15, 0.2) is 30.5 Å². The molecule has 184 valence electrons. The Kier molecular flexibility index (Phi) is 7.72. The third-order valence-corrected chi connectivity index (χ3v) is 6.52. The average Bonchev–Trinajstić information content (AvgIpc) is 3.31. The maximum atomic E-state index is 10.9.